The Kier molecular flexibility index (Phi) is 7.90. The SMILES string of the molecule is O=C(CCNCc1cccc(Oc2ccccc2)c1)Nc1ccc2cnn(CCN3CCCC3)c2c1. The minimum absolute atomic E-state index is 0.00820. The molecular formula is C29H33N5O2. The lowest BCUT2D eigenvalue weighted by Gasteiger charge is -2.14. The van der Waals surface area contributed by atoms with Gasteiger partial charge in [-0.2, -0.15) is 5.10 Å². The first-order valence-electron chi connectivity index (χ1n) is 12.7. The van der Waals surface area contributed by atoms with E-state index < -0.39 is 0 Å². The largest absolute Gasteiger partial charge is 0.457 e. The van der Waals surface area contributed by atoms with E-state index in [0.717, 1.165) is 46.7 Å². The third kappa shape index (κ3) is 6.50. The Morgan fingerprint density at radius 1 is 0.917 bits per heavy atom. The fourth-order valence-corrected chi connectivity index (χ4v) is 4.57. The first kappa shape index (κ1) is 24.0. The molecule has 0 aliphatic carbocycles. The lowest BCUT2D eigenvalue weighted by Crippen LogP contribution is -2.24. The number of hydrogen-bond donors (Lipinski definition) is 2. The third-order valence-electron chi connectivity index (χ3n) is 6.49. The maximum absolute atomic E-state index is 12.5. The molecule has 1 fully saturated rings. The van der Waals surface area contributed by atoms with Crippen molar-refractivity contribution < 1.29 is 9.53 Å². The van der Waals surface area contributed by atoms with Crippen LogP contribution in [0.1, 0.15) is 24.8 Å². The molecule has 36 heavy (non-hydrogen) atoms. The van der Waals surface area contributed by atoms with Crippen LogP contribution in [-0.2, 0) is 17.9 Å². The van der Waals surface area contributed by atoms with Crippen molar-refractivity contribution in [3.8, 4) is 11.5 Å². The summed E-state index contributed by atoms with van der Waals surface area (Å²) in [6, 6.07) is 23.7. The number of nitrogens with zero attached hydrogens (tertiary/aromatic N) is 3. The Hall–Kier alpha value is -3.68. The monoisotopic (exact) mass is 483 g/mol. The highest BCUT2D eigenvalue weighted by Crippen LogP contribution is 2.22. The summed E-state index contributed by atoms with van der Waals surface area (Å²) in [6.45, 7) is 5.50. The number of amides is 1. The molecule has 0 atom stereocenters. The molecule has 0 bridgehead atoms. The van der Waals surface area contributed by atoms with Crippen LogP contribution < -0.4 is 15.4 Å². The first-order chi connectivity index (χ1) is 17.7. The van der Waals surface area contributed by atoms with Gasteiger partial charge in [-0.25, -0.2) is 0 Å². The Morgan fingerprint density at radius 3 is 2.61 bits per heavy atom. The molecule has 0 unspecified atom stereocenters. The van der Waals surface area contributed by atoms with E-state index in [4.69, 9.17) is 4.74 Å². The third-order valence-corrected chi connectivity index (χ3v) is 6.49. The van der Waals surface area contributed by atoms with E-state index >= 15 is 0 Å². The average molecular weight is 484 g/mol. The molecule has 186 valence electrons. The second-order valence-electron chi connectivity index (χ2n) is 9.23. The van der Waals surface area contributed by atoms with Crippen LogP contribution in [0.5, 0.6) is 11.5 Å². The number of carbonyl (C=O) groups is 1. The predicted molar refractivity (Wildman–Crippen MR) is 143 cm³/mol. The number of hydrogen-bond acceptors (Lipinski definition) is 5. The van der Waals surface area contributed by atoms with Gasteiger partial charge in [-0.3, -0.25) is 9.48 Å². The zero-order valence-corrected chi connectivity index (χ0v) is 20.5. The van der Waals surface area contributed by atoms with Gasteiger partial charge in [0.05, 0.1) is 18.3 Å². The summed E-state index contributed by atoms with van der Waals surface area (Å²) in [5.74, 6) is 1.60. The molecule has 5 rings (SSSR count). The molecule has 1 saturated heterocycles. The van der Waals surface area contributed by atoms with E-state index in [2.05, 4.69) is 20.6 Å². The van der Waals surface area contributed by atoms with Gasteiger partial charge in [0.2, 0.25) is 5.91 Å². The van der Waals surface area contributed by atoms with Crippen LogP contribution in [0.3, 0.4) is 0 Å². The van der Waals surface area contributed by atoms with Crippen LogP contribution in [0.2, 0.25) is 0 Å². The second kappa shape index (κ2) is 11.8. The van der Waals surface area contributed by atoms with Crippen LogP contribution in [0.4, 0.5) is 5.69 Å². The summed E-state index contributed by atoms with van der Waals surface area (Å²) in [5.41, 5.74) is 2.97. The highest BCUT2D eigenvalue weighted by atomic mass is 16.5. The lowest BCUT2D eigenvalue weighted by atomic mass is 10.2. The Bertz CT molecular complexity index is 1280. The molecule has 0 spiro atoms. The molecule has 2 N–H and O–H groups in total. The van der Waals surface area contributed by atoms with Gasteiger partial charge < -0.3 is 20.3 Å². The Morgan fingerprint density at radius 2 is 1.75 bits per heavy atom. The van der Waals surface area contributed by atoms with Crippen molar-refractivity contribution in [2.75, 3.05) is 31.5 Å². The number of carbonyl (C=O) groups excluding carboxylic acids is 1. The van der Waals surface area contributed by atoms with Crippen LogP contribution in [0.25, 0.3) is 10.9 Å². The Balaban J connectivity index is 1.08. The summed E-state index contributed by atoms with van der Waals surface area (Å²) in [7, 11) is 0. The van der Waals surface area contributed by atoms with E-state index in [1.807, 2.05) is 83.7 Å². The highest BCUT2D eigenvalue weighted by Gasteiger charge is 2.12. The van der Waals surface area contributed by atoms with E-state index in [1.165, 1.54) is 25.9 Å². The van der Waals surface area contributed by atoms with Gasteiger partial charge in [-0.15, -0.1) is 0 Å². The Labute approximate surface area is 212 Å². The van der Waals surface area contributed by atoms with Crippen LogP contribution in [0, 0.1) is 0 Å². The molecule has 0 radical (unpaired) electrons. The van der Waals surface area contributed by atoms with Crippen LogP contribution in [-0.4, -0.2) is 46.8 Å². The summed E-state index contributed by atoms with van der Waals surface area (Å²) >= 11 is 0. The normalized spacial score (nSPS) is 13.8. The number of rotatable bonds is 11. The van der Waals surface area contributed by atoms with E-state index in [-0.39, 0.29) is 5.91 Å². The molecule has 7 heteroatoms. The number of aromatic nitrogens is 2. The second-order valence-corrected chi connectivity index (χ2v) is 9.23. The minimum Gasteiger partial charge on any atom is -0.457 e. The molecule has 3 aromatic carbocycles. The predicted octanol–water partition coefficient (Wildman–Crippen LogP) is 5.04. The number of nitrogens with one attached hydrogen (secondary N) is 2. The van der Waals surface area contributed by atoms with Crippen molar-refractivity contribution in [2.24, 2.45) is 0 Å². The van der Waals surface area contributed by atoms with Crippen molar-refractivity contribution in [1.29, 1.82) is 0 Å². The maximum atomic E-state index is 12.5. The fraction of sp³-hybridized carbons (Fsp3) is 0.310. The number of ether oxygens (including phenoxy) is 1. The van der Waals surface area contributed by atoms with Crippen LogP contribution >= 0.6 is 0 Å². The zero-order chi connectivity index (χ0) is 24.6. The van der Waals surface area contributed by atoms with Gasteiger partial charge in [0, 0.05) is 37.1 Å². The summed E-state index contributed by atoms with van der Waals surface area (Å²) in [4.78, 5) is 15.0. The molecular weight excluding hydrogens is 450 g/mol. The topological polar surface area (TPSA) is 71.4 Å². The van der Waals surface area contributed by atoms with E-state index in [0.29, 0.717) is 19.5 Å². The molecule has 1 aliphatic rings. The average Bonchev–Trinajstić information content (AvgIpc) is 3.56. The van der Waals surface area contributed by atoms with Gasteiger partial charge in [0.25, 0.3) is 0 Å². The van der Waals surface area contributed by atoms with Crippen molar-refractivity contribution in [3.05, 3.63) is 84.6 Å². The zero-order valence-electron chi connectivity index (χ0n) is 20.5. The molecule has 2 heterocycles. The number of anilines is 1. The lowest BCUT2D eigenvalue weighted by molar-refractivity contribution is -0.116. The van der Waals surface area contributed by atoms with Gasteiger partial charge in [0.15, 0.2) is 0 Å². The van der Waals surface area contributed by atoms with Crippen molar-refractivity contribution in [3.63, 3.8) is 0 Å². The quantitative estimate of drug-likeness (QED) is 0.292. The molecule has 1 amide bonds. The van der Waals surface area contributed by atoms with E-state index in [9.17, 15) is 4.79 Å². The number of benzene rings is 3. The van der Waals surface area contributed by atoms with Gasteiger partial charge >= 0.3 is 0 Å². The first-order valence-corrected chi connectivity index (χ1v) is 12.7. The number of para-hydroxylation sites is 1. The van der Waals surface area contributed by atoms with Gasteiger partial charge in [-0.1, -0.05) is 30.3 Å². The molecule has 7 nitrogen and oxygen atoms in total. The fourth-order valence-electron chi connectivity index (χ4n) is 4.57. The van der Waals surface area contributed by atoms with E-state index in [1.54, 1.807) is 0 Å². The molecule has 4 aromatic rings. The smallest absolute Gasteiger partial charge is 0.225 e. The molecule has 1 aliphatic heterocycles. The van der Waals surface area contributed by atoms with Gasteiger partial charge in [0.1, 0.15) is 11.5 Å². The standard InChI is InChI=1S/C29H33N5O2/c35-29(13-14-30-21-23-7-6-10-27(19-23)36-26-8-2-1-3-9-26)32-25-12-11-24-22-31-34(28(24)20-25)18-17-33-15-4-5-16-33/h1-3,6-12,19-20,22,30H,4-5,13-18,21H2,(H,32,35). The minimum atomic E-state index is -0.00820. The molecule has 0 saturated carbocycles. The summed E-state index contributed by atoms with van der Waals surface area (Å²) < 4.78 is 7.95. The highest BCUT2D eigenvalue weighted by molar-refractivity contribution is 5.93. The summed E-state index contributed by atoms with van der Waals surface area (Å²) in [6.07, 6.45) is 4.88. The van der Waals surface area contributed by atoms with Gasteiger partial charge in [-0.05, 0) is 74.0 Å². The maximum Gasteiger partial charge on any atom is 0.225 e. The van der Waals surface area contributed by atoms with Crippen molar-refractivity contribution in [2.45, 2.75) is 32.4 Å². The number of likely N-dealkylation sites (tertiary alicyclic amines) is 1. The van der Waals surface area contributed by atoms with Crippen molar-refractivity contribution >= 4 is 22.5 Å². The summed E-state index contributed by atoms with van der Waals surface area (Å²) in [5, 5.41) is 12.0. The van der Waals surface area contributed by atoms with Crippen molar-refractivity contribution in [1.82, 2.24) is 20.0 Å². The molecule has 1 aromatic heterocycles. The number of fused-ring (bicyclic) bond motifs is 1. The van der Waals surface area contributed by atoms with Crippen LogP contribution in [0.15, 0.2) is 79.0 Å².